The minimum absolute atomic E-state index is 0.333. The van der Waals surface area contributed by atoms with Crippen molar-refractivity contribution in [2.45, 2.75) is 0 Å². The number of aliphatic imine (C=N–C) groups is 1. The molecule has 0 heterocycles. The van der Waals surface area contributed by atoms with E-state index >= 15 is 0 Å². The van der Waals surface area contributed by atoms with Crippen molar-refractivity contribution in [2.24, 2.45) is 4.99 Å². The normalized spacial score (nSPS) is 10.8. The lowest BCUT2D eigenvalue weighted by Gasteiger charge is -2.04. The molecule has 0 saturated carbocycles. The van der Waals surface area contributed by atoms with E-state index in [1.807, 2.05) is 36.5 Å². The molecule has 1 aromatic rings. The first-order chi connectivity index (χ1) is 9.93. The van der Waals surface area contributed by atoms with Crippen LogP contribution >= 0.6 is 0 Å². The number of hydrogen-bond acceptors (Lipinski definition) is 4. The second kappa shape index (κ2) is 12.4. The van der Waals surface area contributed by atoms with Crippen LogP contribution in [0.5, 0.6) is 0 Å². The largest absolute Gasteiger partial charge is 0.377 e. The van der Waals surface area contributed by atoms with Gasteiger partial charge in [-0.05, 0) is 5.56 Å². The standard InChI is InChI=1S/C16H21NO3/c1-2-9-18-11-13-20-14-12-19-10-8-17-15-16-6-4-3-5-7-16/h1,3-7,15H,8-14H2. The van der Waals surface area contributed by atoms with E-state index in [0.29, 0.717) is 46.2 Å². The fraction of sp³-hybridized carbons (Fsp3) is 0.438. The molecule has 0 aliphatic rings. The Labute approximate surface area is 120 Å². The van der Waals surface area contributed by atoms with E-state index in [9.17, 15) is 0 Å². The van der Waals surface area contributed by atoms with Crippen LogP contribution in [-0.4, -0.2) is 52.4 Å². The molecule has 0 radical (unpaired) electrons. The highest BCUT2D eigenvalue weighted by atomic mass is 16.5. The minimum atomic E-state index is 0.333. The first-order valence-corrected chi connectivity index (χ1v) is 6.65. The predicted octanol–water partition coefficient (Wildman–Crippen LogP) is 1.79. The van der Waals surface area contributed by atoms with E-state index in [4.69, 9.17) is 20.6 Å². The molecule has 0 aliphatic heterocycles. The SMILES string of the molecule is C#CCOCCOCCOCCN=Cc1ccccc1. The van der Waals surface area contributed by atoms with Gasteiger partial charge >= 0.3 is 0 Å². The third kappa shape index (κ3) is 9.29. The van der Waals surface area contributed by atoms with Crippen molar-refractivity contribution in [3.63, 3.8) is 0 Å². The van der Waals surface area contributed by atoms with E-state index in [0.717, 1.165) is 5.56 Å². The van der Waals surface area contributed by atoms with Gasteiger partial charge in [-0.1, -0.05) is 36.3 Å². The smallest absolute Gasteiger partial charge is 0.107 e. The van der Waals surface area contributed by atoms with Gasteiger partial charge < -0.3 is 14.2 Å². The zero-order chi connectivity index (χ0) is 14.3. The zero-order valence-corrected chi connectivity index (χ0v) is 11.7. The Morgan fingerprint density at radius 2 is 1.60 bits per heavy atom. The summed E-state index contributed by atoms with van der Waals surface area (Å²) in [7, 11) is 0. The highest BCUT2D eigenvalue weighted by Gasteiger charge is 1.90. The molecule has 0 saturated heterocycles. The van der Waals surface area contributed by atoms with Gasteiger partial charge in [0.2, 0.25) is 0 Å². The first-order valence-electron chi connectivity index (χ1n) is 6.65. The molecule has 4 nitrogen and oxygen atoms in total. The minimum Gasteiger partial charge on any atom is -0.377 e. The number of hydrogen-bond donors (Lipinski definition) is 0. The topological polar surface area (TPSA) is 40.0 Å². The fourth-order valence-electron chi connectivity index (χ4n) is 1.40. The maximum Gasteiger partial charge on any atom is 0.107 e. The molecule has 0 bridgehead atoms. The fourth-order valence-corrected chi connectivity index (χ4v) is 1.40. The average molecular weight is 275 g/mol. The monoisotopic (exact) mass is 275 g/mol. The van der Waals surface area contributed by atoms with Gasteiger partial charge in [-0.25, -0.2) is 0 Å². The number of rotatable bonds is 11. The van der Waals surface area contributed by atoms with Crippen molar-refractivity contribution in [1.29, 1.82) is 0 Å². The van der Waals surface area contributed by atoms with Gasteiger partial charge in [0, 0.05) is 6.21 Å². The van der Waals surface area contributed by atoms with Gasteiger partial charge in [0.15, 0.2) is 0 Å². The third-order valence-corrected chi connectivity index (χ3v) is 2.33. The quantitative estimate of drug-likeness (QED) is 0.351. The first kappa shape index (κ1) is 16.4. The predicted molar refractivity (Wildman–Crippen MR) is 80.2 cm³/mol. The zero-order valence-electron chi connectivity index (χ0n) is 11.7. The van der Waals surface area contributed by atoms with Crippen LogP contribution in [0.3, 0.4) is 0 Å². The van der Waals surface area contributed by atoms with Crippen molar-refractivity contribution in [2.75, 3.05) is 46.2 Å². The van der Waals surface area contributed by atoms with Crippen molar-refractivity contribution in [1.82, 2.24) is 0 Å². The van der Waals surface area contributed by atoms with Crippen molar-refractivity contribution < 1.29 is 14.2 Å². The summed E-state index contributed by atoms with van der Waals surface area (Å²) in [5, 5.41) is 0. The number of terminal acetylenes is 1. The molecule has 0 amide bonds. The van der Waals surface area contributed by atoms with Crippen LogP contribution < -0.4 is 0 Å². The molecule has 1 aromatic carbocycles. The number of benzene rings is 1. The van der Waals surface area contributed by atoms with E-state index in [-0.39, 0.29) is 0 Å². The van der Waals surface area contributed by atoms with E-state index in [1.54, 1.807) is 0 Å². The van der Waals surface area contributed by atoms with Gasteiger partial charge in [-0.2, -0.15) is 0 Å². The molecular weight excluding hydrogens is 254 g/mol. The molecule has 0 aliphatic carbocycles. The van der Waals surface area contributed by atoms with Crippen molar-refractivity contribution >= 4 is 6.21 Å². The second-order valence-electron chi connectivity index (χ2n) is 3.93. The summed E-state index contributed by atoms with van der Waals surface area (Å²) in [6.07, 6.45) is 6.89. The summed E-state index contributed by atoms with van der Waals surface area (Å²) in [4.78, 5) is 4.28. The summed E-state index contributed by atoms with van der Waals surface area (Å²) in [5.41, 5.74) is 1.10. The molecule has 0 aromatic heterocycles. The molecule has 0 N–H and O–H groups in total. The Kier molecular flexibility index (Phi) is 10.1. The van der Waals surface area contributed by atoms with Crippen LogP contribution in [-0.2, 0) is 14.2 Å². The lowest BCUT2D eigenvalue weighted by molar-refractivity contribution is 0.0220. The molecule has 0 spiro atoms. The van der Waals surface area contributed by atoms with Gasteiger partial charge in [0.1, 0.15) is 6.61 Å². The van der Waals surface area contributed by atoms with E-state index in [1.165, 1.54) is 0 Å². The van der Waals surface area contributed by atoms with E-state index < -0.39 is 0 Å². The Hall–Kier alpha value is -1.67. The molecule has 108 valence electrons. The Morgan fingerprint density at radius 1 is 0.950 bits per heavy atom. The van der Waals surface area contributed by atoms with Crippen LogP contribution in [0, 0.1) is 12.3 Å². The Balaban J connectivity index is 1.86. The summed E-state index contributed by atoms with van der Waals surface area (Å²) in [5.74, 6) is 2.39. The molecule has 0 fully saturated rings. The maximum atomic E-state index is 5.39. The van der Waals surface area contributed by atoms with Crippen LogP contribution in [0.2, 0.25) is 0 Å². The summed E-state index contributed by atoms with van der Waals surface area (Å²) < 4.78 is 15.7. The highest BCUT2D eigenvalue weighted by Crippen LogP contribution is 1.93. The van der Waals surface area contributed by atoms with Gasteiger partial charge in [0.25, 0.3) is 0 Å². The maximum absolute atomic E-state index is 5.39. The summed E-state index contributed by atoms with van der Waals surface area (Å²) in [6, 6.07) is 9.99. The summed E-state index contributed by atoms with van der Waals surface area (Å²) >= 11 is 0. The van der Waals surface area contributed by atoms with Gasteiger partial charge in [0.05, 0.1) is 39.6 Å². The number of ether oxygens (including phenoxy) is 3. The van der Waals surface area contributed by atoms with E-state index in [2.05, 4.69) is 10.9 Å². The molecule has 0 unspecified atom stereocenters. The second-order valence-corrected chi connectivity index (χ2v) is 3.93. The molecular formula is C16H21NO3. The van der Waals surface area contributed by atoms with Gasteiger partial charge in [-0.15, -0.1) is 6.42 Å². The molecule has 1 rings (SSSR count). The Morgan fingerprint density at radius 3 is 2.30 bits per heavy atom. The van der Waals surface area contributed by atoms with Crippen LogP contribution in [0.1, 0.15) is 5.56 Å². The van der Waals surface area contributed by atoms with Crippen molar-refractivity contribution in [3.8, 4) is 12.3 Å². The third-order valence-electron chi connectivity index (χ3n) is 2.33. The Bertz CT molecular complexity index is 398. The molecule has 0 atom stereocenters. The molecule has 4 heteroatoms. The van der Waals surface area contributed by atoms with Crippen LogP contribution in [0.15, 0.2) is 35.3 Å². The highest BCUT2D eigenvalue weighted by molar-refractivity contribution is 5.79. The molecule has 20 heavy (non-hydrogen) atoms. The summed E-state index contributed by atoms with van der Waals surface area (Å²) in [6.45, 7) is 3.76. The van der Waals surface area contributed by atoms with Crippen molar-refractivity contribution in [3.05, 3.63) is 35.9 Å². The lowest BCUT2D eigenvalue weighted by atomic mass is 10.2. The van der Waals surface area contributed by atoms with Crippen LogP contribution in [0.4, 0.5) is 0 Å². The van der Waals surface area contributed by atoms with Crippen LogP contribution in [0.25, 0.3) is 0 Å². The van der Waals surface area contributed by atoms with Gasteiger partial charge in [-0.3, -0.25) is 4.99 Å². The average Bonchev–Trinajstić information content (AvgIpc) is 2.49. The lowest BCUT2D eigenvalue weighted by Crippen LogP contribution is -2.10. The number of nitrogens with zero attached hydrogens (tertiary/aromatic N) is 1.